The lowest BCUT2D eigenvalue weighted by Gasteiger charge is -2.20. The third-order valence-corrected chi connectivity index (χ3v) is 4.19. The van der Waals surface area contributed by atoms with Gasteiger partial charge in [-0.1, -0.05) is 11.6 Å². The zero-order valence-electron chi connectivity index (χ0n) is 10.1. The van der Waals surface area contributed by atoms with Crippen LogP contribution in [0.4, 0.5) is 0 Å². The van der Waals surface area contributed by atoms with E-state index >= 15 is 0 Å². The second-order valence-electron chi connectivity index (χ2n) is 4.15. The largest absolute Gasteiger partial charge is 0.350 e. The second kappa shape index (κ2) is 6.56. The summed E-state index contributed by atoms with van der Waals surface area (Å²) in [6.45, 7) is 2.68. The molecule has 3 nitrogen and oxygen atoms in total. The Hall–Kier alpha value is -0.330. The van der Waals surface area contributed by atoms with Crippen molar-refractivity contribution in [2.75, 3.05) is 20.6 Å². The van der Waals surface area contributed by atoms with Crippen LogP contribution in [0, 0.1) is 3.57 Å². The van der Waals surface area contributed by atoms with Crippen molar-refractivity contribution >= 4 is 40.1 Å². The van der Waals surface area contributed by atoms with Gasteiger partial charge in [-0.05, 0) is 61.8 Å². The minimum Gasteiger partial charge on any atom is -0.350 e. The molecule has 1 aromatic rings. The topological polar surface area (TPSA) is 32.3 Å². The quantitative estimate of drug-likeness (QED) is 0.831. The van der Waals surface area contributed by atoms with Crippen LogP contribution in [0.15, 0.2) is 18.2 Å². The molecule has 1 N–H and O–H groups in total. The van der Waals surface area contributed by atoms with Crippen LogP contribution in [0.5, 0.6) is 0 Å². The van der Waals surface area contributed by atoms with Crippen LogP contribution in [0.25, 0.3) is 0 Å². The Labute approximate surface area is 121 Å². The van der Waals surface area contributed by atoms with E-state index in [1.54, 1.807) is 12.1 Å². The number of nitrogens with one attached hydrogen (secondary N) is 1. The summed E-state index contributed by atoms with van der Waals surface area (Å²) < 4.78 is 0.947. The van der Waals surface area contributed by atoms with Crippen LogP contribution >= 0.6 is 34.2 Å². The van der Waals surface area contributed by atoms with Crippen molar-refractivity contribution in [1.29, 1.82) is 0 Å². The van der Waals surface area contributed by atoms with E-state index < -0.39 is 0 Å². The first-order chi connectivity index (χ1) is 7.91. The number of hydrogen-bond acceptors (Lipinski definition) is 2. The average molecular weight is 367 g/mol. The molecule has 0 aromatic heterocycles. The van der Waals surface area contributed by atoms with E-state index in [1.807, 2.05) is 20.2 Å². The molecule has 5 heteroatoms. The van der Waals surface area contributed by atoms with Crippen molar-refractivity contribution in [3.05, 3.63) is 32.4 Å². The molecule has 0 aliphatic heterocycles. The van der Waals surface area contributed by atoms with E-state index in [0.717, 1.165) is 3.57 Å². The number of amides is 1. The Morgan fingerprint density at radius 3 is 2.71 bits per heavy atom. The number of nitrogens with zero attached hydrogens (tertiary/aromatic N) is 1. The molecule has 0 radical (unpaired) electrons. The first-order valence-electron chi connectivity index (χ1n) is 5.31. The van der Waals surface area contributed by atoms with E-state index in [2.05, 4.69) is 39.7 Å². The van der Waals surface area contributed by atoms with Crippen LogP contribution in [-0.4, -0.2) is 37.5 Å². The number of hydrogen-bond donors (Lipinski definition) is 1. The Morgan fingerprint density at radius 2 is 2.18 bits per heavy atom. The zero-order valence-corrected chi connectivity index (χ0v) is 13.0. The number of carbonyl (C=O) groups excluding carboxylic acids is 1. The normalized spacial score (nSPS) is 12.6. The van der Waals surface area contributed by atoms with Gasteiger partial charge in [-0.2, -0.15) is 0 Å². The highest BCUT2D eigenvalue weighted by Crippen LogP contribution is 2.19. The van der Waals surface area contributed by atoms with Gasteiger partial charge in [0.1, 0.15) is 0 Å². The van der Waals surface area contributed by atoms with E-state index in [1.165, 1.54) is 0 Å². The van der Waals surface area contributed by atoms with Crippen LogP contribution in [-0.2, 0) is 0 Å². The highest BCUT2D eigenvalue weighted by Gasteiger charge is 2.10. The number of halogens is 2. The van der Waals surface area contributed by atoms with Gasteiger partial charge in [-0.15, -0.1) is 0 Å². The molecule has 1 atom stereocenters. The summed E-state index contributed by atoms with van der Waals surface area (Å²) in [5, 5.41) is 3.50. The Morgan fingerprint density at radius 1 is 1.53 bits per heavy atom. The van der Waals surface area contributed by atoms with Crippen LogP contribution in [0.3, 0.4) is 0 Å². The number of benzene rings is 1. The molecule has 0 bridgehead atoms. The number of rotatable bonds is 4. The average Bonchev–Trinajstić information content (AvgIpc) is 2.28. The van der Waals surface area contributed by atoms with Gasteiger partial charge >= 0.3 is 0 Å². The van der Waals surface area contributed by atoms with Gasteiger partial charge in [-0.25, -0.2) is 0 Å². The molecule has 1 amide bonds. The van der Waals surface area contributed by atoms with Crippen molar-refractivity contribution in [2.24, 2.45) is 0 Å². The smallest absolute Gasteiger partial charge is 0.251 e. The first kappa shape index (κ1) is 14.7. The molecule has 1 rings (SSSR count). The van der Waals surface area contributed by atoms with Gasteiger partial charge in [0.2, 0.25) is 0 Å². The molecular weight excluding hydrogens is 351 g/mol. The predicted molar refractivity (Wildman–Crippen MR) is 79.7 cm³/mol. The molecule has 94 valence electrons. The molecule has 1 aromatic carbocycles. The van der Waals surface area contributed by atoms with Gasteiger partial charge in [0, 0.05) is 21.7 Å². The first-order valence-corrected chi connectivity index (χ1v) is 6.77. The molecule has 0 saturated carbocycles. The fraction of sp³-hybridized carbons (Fsp3) is 0.417. The number of likely N-dealkylation sites (N-methyl/N-ethyl adjacent to an activating group) is 1. The minimum atomic E-state index is -0.0861. The van der Waals surface area contributed by atoms with E-state index in [-0.39, 0.29) is 5.91 Å². The summed E-state index contributed by atoms with van der Waals surface area (Å²) in [5.41, 5.74) is 0.598. The highest BCUT2D eigenvalue weighted by molar-refractivity contribution is 14.1. The maximum Gasteiger partial charge on any atom is 0.251 e. The van der Waals surface area contributed by atoms with Crippen molar-refractivity contribution in [2.45, 2.75) is 13.0 Å². The highest BCUT2D eigenvalue weighted by atomic mass is 127. The fourth-order valence-corrected chi connectivity index (χ4v) is 1.68. The maximum absolute atomic E-state index is 11.8. The van der Waals surface area contributed by atoms with E-state index in [9.17, 15) is 4.79 Å². The Kier molecular flexibility index (Phi) is 5.69. The fourth-order valence-electron chi connectivity index (χ4n) is 1.16. The summed E-state index contributed by atoms with van der Waals surface area (Å²) in [6, 6.07) is 5.62. The molecule has 0 aliphatic carbocycles. The predicted octanol–water partition coefficient (Wildman–Crippen LogP) is 2.62. The van der Waals surface area contributed by atoms with Crippen LogP contribution < -0.4 is 5.32 Å². The van der Waals surface area contributed by atoms with Crippen molar-refractivity contribution in [3.63, 3.8) is 0 Å². The lowest BCUT2D eigenvalue weighted by molar-refractivity contribution is 0.0943. The van der Waals surface area contributed by atoms with Crippen LogP contribution in [0.1, 0.15) is 17.3 Å². The van der Waals surface area contributed by atoms with Gasteiger partial charge in [0.05, 0.1) is 5.02 Å². The Balaban J connectivity index is 2.61. The second-order valence-corrected chi connectivity index (χ2v) is 5.72. The zero-order chi connectivity index (χ0) is 13.0. The monoisotopic (exact) mass is 366 g/mol. The van der Waals surface area contributed by atoms with Crippen LogP contribution in [0.2, 0.25) is 5.02 Å². The lowest BCUT2D eigenvalue weighted by Crippen LogP contribution is -2.38. The van der Waals surface area contributed by atoms with E-state index in [4.69, 9.17) is 11.6 Å². The Bertz CT molecular complexity index is 409. The minimum absolute atomic E-state index is 0.0861. The summed E-state index contributed by atoms with van der Waals surface area (Å²) in [7, 11) is 3.97. The SMILES string of the molecule is CC(CNC(=O)c1ccc(I)c(Cl)c1)N(C)C. The van der Waals surface area contributed by atoms with Crippen molar-refractivity contribution < 1.29 is 4.79 Å². The summed E-state index contributed by atoms with van der Waals surface area (Å²) >= 11 is 8.11. The van der Waals surface area contributed by atoms with Crippen molar-refractivity contribution in [3.8, 4) is 0 Å². The third-order valence-electron chi connectivity index (χ3n) is 2.62. The summed E-state index contributed by atoms with van der Waals surface area (Å²) in [4.78, 5) is 13.9. The van der Waals surface area contributed by atoms with E-state index in [0.29, 0.717) is 23.2 Å². The molecule has 0 heterocycles. The summed E-state index contributed by atoms with van der Waals surface area (Å²) in [5.74, 6) is -0.0861. The van der Waals surface area contributed by atoms with Gasteiger partial charge < -0.3 is 10.2 Å². The molecule has 0 saturated heterocycles. The molecular formula is C12H16ClIN2O. The molecule has 17 heavy (non-hydrogen) atoms. The molecule has 0 spiro atoms. The standard InChI is InChI=1S/C12H16ClIN2O/c1-8(16(2)3)7-15-12(17)9-4-5-11(14)10(13)6-9/h4-6,8H,7H2,1-3H3,(H,15,17). The third kappa shape index (κ3) is 4.44. The molecule has 0 aliphatic rings. The molecule has 0 fully saturated rings. The summed E-state index contributed by atoms with van der Waals surface area (Å²) in [6.07, 6.45) is 0. The molecule has 1 unspecified atom stereocenters. The van der Waals surface area contributed by atoms with Gasteiger partial charge in [0.25, 0.3) is 5.91 Å². The lowest BCUT2D eigenvalue weighted by atomic mass is 10.2. The van der Waals surface area contributed by atoms with Gasteiger partial charge in [0.15, 0.2) is 0 Å². The number of carbonyl (C=O) groups is 1. The van der Waals surface area contributed by atoms with Crippen molar-refractivity contribution in [1.82, 2.24) is 10.2 Å². The maximum atomic E-state index is 11.8. The van der Waals surface area contributed by atoms with Gasteiger partial charge in [-0.3, -0.25) is 4.79 Å².